The number of carbonyl (C=O) groups is 3. The maximum absolute atomic E-state index is 12.1. The van der Waals surface area contributed by atoms with Gasteiger partial charge in [-0.05, 0) is 25.7 Å². The van der Waals surface area contributed by atoms with Gasteiger partial charge in [0.2, 0.25) is 5.91 Å². The van der Waals surface area contributed by atoms with E-state index in [1.807, 2.05) is 0 Å². The number of carboxylic acids is 1. The van der Waals surface area contributed by atoms with Gasteiger partial charge in [-0.2, -0.15) is 0 Å². The van der Waals surface area contributed by atoms with Crippen LogP contribution >= 0.6 is 0 Å². The lowest BCUT2D eigenvalue weighted by Gasteiger charge is -2.26. The number of carbonyl (C=O) groups excluding carboxylic acids is 2. The molecule has 0 aromatic carbocycles. The minimum absolute atomic E-state index is 0.00479. The number of hydrogen-bond acceptors (Lipinski definition) is 4. The Hall–Kier alpha value is -1.83. The van der Waals surface area contributed by atoms with E-state index in [9.17, 15) is 14.4 Å². The van der Waals surface area contributed by atoms with Crippen LogP contribution in [0.5, 0.6) is 0 Å². The first-order valence-corrected chi connectivity index (χ1v) is 6.64. The Morgan fingerprint density at radius 2 is 2.10 bits per heavy atom. The van der Waals surface area contributed by atoms with Gasteiger partial charge in [0.15, 0.2) is 0 Å². The average Bonchev–Trinajstić information content (AvgIpc) is 2.83. The number of urea groups is 1. The zero-order valence-corrected chi connectivity index (χ0v) is 11.2. The summed E-state index contributed by atoms with van der Waals surface area (Å²) in [4.78, 5) is 35.4. The summed E-state index contributed by atoms with van der Waals surface area (Å²) < 4.78 is 0. The van der Waals surface area contributed by atoms with Crippen LogP contribution in [0, 0.1) is 0 Å². The molecule has 8 heteroatoms. The van der Waals surface area contributed by atoms with Crippen molar-refractivity contribution in [3.8, 4) is 0 Å². The first kappa shape index (κ1) is 16.2. The Kier molecular flexibility index (Phi) is 6.23. The molecule has 0 aromatic heterocycles. The average molecular weight is 287 g/mol. The van der Waals surface area contributed by atoms with E-state index >= 15 is 0 Å². The Morgan fingerprint density at radius 1 is 1.40 bits per heavy atom. The molecule has 0 bridgehead atoms. The summed E-state index contributed by atoms with van der Waals surface area (Å²) in [6.45, 7) is 0.607. The maximum atomic E-state index is 12.1. The van der Waals surface area contributed by atoms with E-state index in [1.54, 1.807) is 4.90 Å². The second-order valence-electron chi connectivity index (χ2n) is 4.87. The molecule has 1 rings (SSSR count). The Labute approximate surface area is 116 Å². The summed E-state index contributed by atoms with van der Waals surface area (Å²) in [5.74, 6) is -2.07. The van der Waals surface area contributed by atoms with E-state index in [0.717, 1.165) is 12.8 Å². The van der Waals surface area contributed by atoms with Gasteiger partial charge in [-0.25, -0.2) is 9.59 Å². The summed E-state index contributed by atoms with van der Waals surface area (Å²) in [5, 5.41) is 20.1. The van der Waals surface area contributed by atoms with Crippen LogP contribution in [-0.2, 0) is 9.59 Å². The highest BCUT2D eigenvalue weighted by Crippen LogP contribution is 2.21. The third-order valence-corrected chi connectivity index (χ3v) is 3.33. The van der Waals surface area contributed by atoms with E-state index < -0.39 is 30.4 Å². The quantitative estimate of drug-likeness (QED) is 0.489. The minimum atomic E-state index is -1.31. The van der Waals surface area contributed by atoms with Gasteiger partial charge in [-0.15, -0.1) is 0 Å². The monoisotopic (exact) mass is 287 g/mol. The molecule has 0 spiro atoms. The largest absolute Gasteiger partial charge is 0.480 e. The van der Waals surface area contributed by atoms with E-state index in [-0.39, 0.29) is 12.6 Å². The van der Waals surface area contributed by atoms with Crippen molar-refractivity contribution in [2.24, 2.45) is 5.73 Å². The molecule has 5 N–H and O–H groups in total. The van der Waals surface area contributed by atoms with Crippen molar-refractivity contribution >= 4 is 17.9 Å². The third-order valence-electron chi connectivity index (χ3n) is 3.33. The van der Waals surface area contributed by atoms with Gasteiger partial charge in [-0.3, -0.25) is 4.79 Å². The number of hydrogen-bond donors (Lipinski definition) is 4. The van der Waals surface area contributed by atoms with Crippen molar-refractivity contribution in [2.45, 2.75) is 44.2 Å². The summed E-state index contributed by atoms with van der Waals surface area (Å²) in [6, 6.07) is -1.80. The number of nitrogens with two attached hydrogens (primary N) is 1. The van der Waals surface area contributed by atoms with Crippen LogP contribution in [0.4, 0.5) is 4.79 Å². The lowest BCUT2D eigenvalue weighted by atomic mass is 10.1. The number of amides is 3. The molecule has 1 heterocycles. The van der Waals surface area contributed by atoms with E-state index in [2.05, 4.69) is 5.32 Å². The number of aliphatic hydroxyl groups is 1. The minimum Gasteiger partial charge on any atom is -0.480 e. The third kappa shape index (κ3) is 4.69. The molecule has 0 aliphatic carbocycles. The second kappa shape index (κ2) is 7.68. The normalized spacial score (nSPS) is 19.6. The fourth-order valence-corrected chi connectivity index (χ4v) is 2.36. The molecule has 0 saturated carbocycles. The molecule has 1 saturated heterocycles. The van der Waals surface area contributed by atoms with E-state index in [1.165, 1.54) is 0 Å². The Morgan fingerprint density at radius 3 is 2.65 bits per heavy atom. The number of nitrogens with one attached hydrogen (secondary N) is 1. The Balaban J connectivity index is 2.58. The molecule has 2 atom stereocenters. The van der Waals surface area contributed by atoms with Crippen molar-refractivity contribution in [1.29, 1.82) is 0 Å². The molecule has 3 amide bonds. The van der Waals surface area contributed by atoms with Gasteiger partial charge >= 0.3 is 12.0 Å². The van der Waals surface area contributed by atoms with Crippen LogP contribution in [0.2, 0.25) is 0 Å². The Bertz CT molecular complexity index is 374. The van der Waals surface area contributed by atoms with Gasteiger partial charge in [0.1, 0.15) is 6.04 Å². The molecule has 0 radical (unpaired) electrons. The van der Waals surface area contributed by atoms with Crippen molar-refractivity contribution < 1.29 is 24.6 Å². The number of rotatable bonds is 7. The van der Waals surface area contributed by atoms with E-state index in [4.69, 9.17) is 15.9 Å². The van der Waals surface area contributed by atoms with Crippen LogP contribution in [-0.4, -0.2) is 58.3 Å². The van der Waals surface area contributed by atoms with Crippen LogP contribution in [0.25, 0.3) is 0 Å². The van der Waals surface area contributed by atoms with Crippen molar-refractivity contribution in [3.63, 3.8) is 0 Å². The zero-order chi connectivity index (χ0) is 15.1. The molecule has 1 aliphatic heterocycles. The number of carboxylic acid groups (broad SMARTS) is 1. The highest BCUT2D eigenvalue weighted by molar-refractivity contribution is 5.87. The molecule has 0 aromatic rings. The van der Waals surface area contributed by atoms with Gasteiger partial charge in [0, 0.05) is 19.2 Å². The number of primary amides is 1. The highest BCUT2D eigenvalue weighted by Gasteiger charge is 2.31. The molecule has 1 fully saturated rings. The van der Waals surface area contributed by atoms with Crippen LogP contribution in [0.3, 0.4) is 0 Å². The molecular weight excluding hydrogens is 266 g/mol. The summed E-state index contributed by atoms with van der Waals surface area (Å²) in [6.07, 6.45) is 2.52. The summed E-state index contributed by atoms with van der Waals surface area (Å²) in [7, 11) is 0. The van der Waals surface area contributed by atoms with Gasteiger partial charge in [0.25, 0.3) is 0 Å². The predicted octanol–water partition coefficient (Wildman–Crippen LogP) is -0.738. The van der Waals surface area contributed by atoms with Crippen molar-refractivity contribution in [1.82, 2.24) is 10.2 Å². The molecule has 1 aliphatic rings. The van der Waals surface area contributed by atoms with Crippen molar-refractivity contribution in [3.05, 3.63) is 0 Å². The summed E-state index contributed by atoms with van der Waals surface area (Å²) in [5.41, 5.74) is 4.96. The topological polar surface area (TPSA) is 133 Å². The fourth-order valence-electron chi connectivity index (χ4n) is 2.36. The van der Waals surface area contributed by atoms with Crippen LogP contribution < -0.4 is 11.1 Å². The zero-order valence-electron chi connectivity index (χ0n) is 11.2. The van der Waals surface area contributed by atoms with E-state index in [0.29, 0.717) is 19.4 Å². The lowest BCUT2D eigenvalue weighted by molar-refractivity contribution is -0.141. The molecule has 114 valence electrons. The highest BCUT2D eigenvalue weighted by atomic mass is 16.4. The second-order valence-corrected chi connectivity index (χ2v) is 4.87. The first-order valence-electron chi connectivity index (χ1n) is 6.64. The number of aliphatic carboxylic acids is 1. The van der Waals surface area contributed by atoms with Crippen LogP contribution in [0.15, 0.2) is 0 Å². The summed E-state index contributed by atoms with van der Waals surface area (Å²) >= 11 is 0. The molecule has 1 unspecified atom stereocenters. The number of aliphatic hydroxyl groups excluding tert-OH is 1. The SMILES string of the molecule is NC(=O)C[C@@H](NC(=O)N1CCCC1CCCO)C(=O)O. The smallest absolute Gasteiger partial charge is 0.326 e. The van der Waals surface area contributed by atoms with Gasteiger partial charge < -0.3 is 26.2 Å². The van der Waals surface area contributed by atoms with Crippen LogP contribution in [0.1, 0.15) is 32.1 Å². The van der Waals surface area contributed by atoms with Gasteiger partial charge in [-0.1, -0.05) is 0 Å². The number of nitrogens with zero attached hydrogens (tertiary/aromatic N) is 1. The molecule has 8 nitrogen and oxygen atoms in total. The van der Waals surface area contributed by atoms with Crippen molar-refractivity contribution in [2.75, 3.05) is 13.2 Å². The lowest BCUT2D eigenvalue weighted by Crippen LogP contribution is -2.50. The maximum Gasteiger partial charge on any atom is 0.326 e. The van der Waals surface area contributed by atoms with Gasteiger partial charge in [0.05, 0.1) is 6.42 Å². The standard InChI is InChI=1S/C12H21N3O5/c13-10(17)7-9(11(18)19)14-12(20)15-5-1-3-8(15)4-2-6-16/h8-9,16H,1-7H2,(H2,13,17)(H,14,20)(H,18,19)/t8?,9-/m1/s1. The first-order chi connectivity index (χ1) is 9.45. The molecule has 20 heavy (non-hydrogen) atoms. The fraction of sp³-hybridized carbons (Fsp3) is 0.750. The number of likely N-dealkylation sites (tertiary alicyclic amines) is 1. The predicted molar refractivity (Wildman–Crippen MR) is 69.8 cm³/mol. The molecular formula is C12H21N3O5.